The molecule has 1 aromatic carbocycles. The van der Waals surface area contributed by atoms with Crippen LogP contribution in [0.25, 0.3) is 0 Å². The van der Waals surface area contributed by atoms with Crippen molar-refractivity contribution in [3.05, 3.63) is 53.2 Å². The van der Waals surface area contributed by atoms with Crippen LogP contribution < -0.4 is 4.90 Å². The summed E-state index contributed by atoms with van der Waals surface area (Å²) in [6.45, 7) is 4.44. The van der Waals surface area contributed by atoms with E-state index >= 15 is 0 Å². The summed E-state index contributed by atoms with van der Waals surface area (Å²) in [5.74, 6) is 0.0453. The second-order valence-corrected chi connectivity index (χ2v) is 9.96. The topological polar surface area (TPSA) is 79.8 Å². The number of piperazine rings is 1. The van der Waals surface area contributed by atoms with Crippen LogP contribution in [0.4, 0.5) is 19.0 Å². The Labute approximate surface area is 191 Å². The van der Waals surface area contributed by atoms with Crippen molar-refractivity contribution in [2.75, 3.05) is 31.6 Å². The largest absolute Gasteiger partial charge is 0.469 e. The number of benzene rings is 1. The molecule has 33 heavy (non-hydrogen) atoms. The zero-order valence-electron chi connectivity index (χ0n) is 18.6. The summed E-state index contributed by atoms with van der Waals surface area (Å²) in [6.07, 6.45) is -4.17. The zero-order valence-corrected chi connectivity index (χ0v) is 19.4. The van der Waals surface area contributed by atoms with Crippen molar-refractivity contribution in [2.45, 2.75) is 43.8 Å². The van der Waals surface area contributed by atoms with Crippen molar-refractivity contribution in [3.63, 3.8) is 0 Å². The van der Waals surface area contributed by atoms with Crippen molar-refractivity contribution < 1.29 is 31.1 Å². The molecule has 0 bridgehead atoms. The molecule has 1 unspecified atom stereocenters. The maximum absolute atomic E-state index is 13.3. The maximum atomic E-state index is 13.3. The van der Waals surface area contributed by atoms with Gasteiger partial charge in [0.15, 0.2) is 0 Å². The molecule has 1 fully saturated rings. The van der Waals surface area contributed by atoms with E-state index in [2.05, 4.69) is 9.72 Å². The molecule has 1 saturated heterocycles. The molecule has 0 aliphatic carbocycles. The van der Waals surface area contributed by atoms with E-state index in [1.807, 2.05) is 4.90 Å². The molecule has 0 N–H and O–H groups in total. The van der Waals surface area contributed by atoms with Gasteiger partial charge in [-0.15, -0.1) is 0 Å². The van der Waals surface area contributed by atoms with Gasteiger partial charge in [-0.3, -0.25) is 4.79 Å². The molecular weight excluding hydrogens is 459 g/mol. The van der Waals surface area contributed by atoms with Crippen molar-refractivity contribution >= 4 is 21.8 Å². The Balaban J connectivity index is 1.74. The number of hydrogen-bond donors (Lipinski definition) is 0. The molecule has 0 saturated carbocycles. The Bertz CT molecular complexity index is 1100. The molecule has 1 aliphatic heterocycles. The van der Waals surface area contributed by atoms with Crippen molar-refractivity contribution in [2.24, 2.45) is 0 Å². The molecule has 3 rings (SSSR count). The molecule has 1 aliphatic rings. The lowest BCUT2D eigenvalue weighted by Crippen LogP contribution is -2.54. The first-order valence-electron chi connectivity index (χ1n) is 10.4. The maximum Gasteiger partial charge on any atom is 0.393 e. The lowest BCUT2D eigenvalue weighted by molar-refractivity contribution is -0.139. The Kier molecular flexibility index (Phi) is 7.32. The molecule has 0 radical (unpaired) electrons. The van der Waals surface area contributed by atoms with E-state index in [-0.39, 0.29) is 23.4 Å². The number of ether oxygens (including phenoxy) is 1. The van der Waals surface area contributed by atoms with Gasteiger partial charge in [0, 0.05) is 31.9 Å². The number of aromatic nitrogens is 1. The predicted molar refractivity (Wildman–Crippen MR) is 116 cm³/mol. The van der Waals surface area contributed by atoms with E-state index in [4.69, 9.17) is 0 Å². The summed E-state index contributed by atoms with van der Waals surface area (Å²) in [5, 5.41) is 0. The second-order valence-electron chi connectivity index (χ2n) is 8.07. The molecule has 7 nitrogen and oxygen atoms in total. The standard InChI is InChI=1S/C22H26F3N3O4S/c1-15-4-6-19(10-18(15)11-21(29)32-3)33(30,31)28-9-8-27(14-16(28)2)20-7-5-17(13-26-20)12-22(23,24)25/h4-7,10,13,16H,8-9,11-12,14H2,1-3H3. The van der Waals surface area contributed by atoms with E-state index in [0.29, 0.717) is 24.5 Å². The highest BCUT2D eigenvalue weighted by Crippen LogP contribution is 2.26. The lowest BCUT2D eigenvalue weighted by atomic mass is 10.1. The number of aryl methyl sites for hydroxylation is 1. The fourth-order valence-electron chi connectivity index (χ4n) is 3.81. The van der Waals surface area contributed by atoms with Gasteiger partial charge in [0.2, 0.25) is 10.0 Å². The summed E-state index contributed by atoms with van der Waals surface area (Å²) in [7, 11) is -2.54. The summed E-state index contributed by atoms with van der Waals surface area (Å²) < 4.78 is 70.3. The van der Waals surface area contributed by atoms with E-state index < -0.39 is 34.6 Å². The van der Waals surface area contributed by atoms with Gasteiger partial charge in [-0.05, 0) is 48.7 Å². The van der Waals surface area contributed by atoms with Gasteiger partial charge in [0.25, 0.3) is 0 Å². The number of nitrogens with zero attached hydrogens (tertiary/aromatic N) is 3. The average Bonchev–Trinajstić information content (AvgIpc) is 2.74. The lowest BCUT2D eigenvalue weighted by Gasteiger charge is -2.39. The van der Waals surface area contributed by atoms with Gasteiger partial charge < -0.3 is 9.64 Å². The van der Waals surface area contributed by atoms with Crippen LogP contribution in [0.5, 0.6) is 0 Å². The Morgan fingerprint density at radius 3 is 2.52 bits per heavy atom. The first kappa shape index (κ1) is 25.0. The number of anilines is 1. The third kappa shape index (κ3) is 6.02. The van der Waals surface area contributed by atoms with Crippen LogP contribution in [0.15, 0.2) is 41.4 Å². The van der Waals surface area contributed by atoms with Crippen LogP contribution in [0.2, 0.25) is 0 Å². The van der Waals surface area contributed by atoms with E-state index in [1.165, 1.54) is 41.9 Å². The predicted octanol–water partition coefficient (Wildman–Crippen LogP) is 3.11. The fraction of sp³-hybridized carbons (Fsp3) is 0.455. The van der Waals surface area contributed by atoms with Crippen LogP contribution in [-0.4, -0.2) is 62.6 Å². The molecule has 2 heterocycles. The van der Waals surface area contributed by atoms with Gasteiger partial charge in [-0.25, -0.2) is 13.4 Å². The number of rotatable bonds is 6. The van der Waals surface area contributed by atoms with Gasteiger partial charge in [-0.2, -0.15) is 17.5 Å². The van der Waals surface area contributed by atoms with Crippen molar-refractivity contribution in [1.82, 2.24) is 9.29 Å². The SMILES string of the molecule is COC(=O)Cc1cc(S(=O)(=O)N2CCN(c3ccc(CC(F)(F)F)cn3)CC2C)ccc1C. The minimum absolute atomic E-state index is 0.0228. The average molecular weight is 486 g/mol. The number of esters is 1. The van der Waals surface area contributed by atoms with Gasteiger partial charge >= 0.3 is 12.1 Å². The van der Waals surface area contributed by atoms with E-state index in [9.17, 15) is 26.4 Å². The smallest absolute Gasteiger partial charge is 0.393 e. The number of alkyl halides is 3. The summed E-state index contributed by atoms with van der Waals surface area (Å²) in [6, 6.07) is 7.20. The Hall–Kier alpha value is -2.66. The van der Waals surface area contributed by atoms with Crippen LogP contribution in [-0.2, 0) is 32.4 Å². The number of sulfonamides is 1. The van der Waals surface area contributed by atoms with E-state index in [0.717, 1.165) is 5.56 Å². The highest BCUT2D eigenvalue weighted by atomic mass is 32.2. The first-order valence-corrected chi connectivity index (χ1v) is 11.8. The molecule has 1 aromatic heterocycles. The van der Waals surface area contributed by atoms with Gasteiger partial charge in [0.05, 0.1) is 24.8 Å². The highest BCUT2D eigenvalue weighted by Gasteiger charge is 2.34. The Morgan fingerprint density at radius 2 is 1.94 bits per heavy atom. The molecular formula is C22H26F3N3O4S. The van der Waals surface area contributed by atoms with Crippen LogP contribution in [0.3, 0.4) is 0 Å². The number of carbonyl (C=O) groups is 1. The normalized spacial score (nSPS) is 17.8. The van der Waals surface area contributed by atoms with Crippen LogP contribution in [0, 0.1) is 6.92 Å². The van der Waals surface area contributed by atoms with Gasteiger partial charge in [-0.1, -0.05) is 12.1 Å². The summed E-state index contributed by atoms with van der Waals surface area (Å²) >= 11 is 0. The fourth-order valence-corrected chi connectivity index (χ4v) is 5.47. The third-order valence-electron chi connectivity index (χ3n) is 5.59. The first-order chi connectivity index (χ1) is 15.4. The van der Waals surface area contributed by atoms with Crippen LogP contribution in [0.1, 0.15) is 23.6 Å². The number of carbonyl (C=O) groups excluding carboxylic acids is 1. The van der Waals surface area contributed by atoms with Crippen molar-refractivity contribution in [3.8, 4) is 0 Å². The Morgan fingerprint density at radius 1 is 1.21 bits per heavy atom. The number of pyridine rings is 1. The van der Waals surface area contributed by atoms with Crippen LogP contribution >= 0.6 is 0 Å². The van der Waals surface area contributed by atoms with Crippen molar-refractivity contribution in [1.29, 1.82) is 0 Å². The minimum atomic E-state index is -4.30. The van der Waals surface area contributed by atoms with E-state index in [1.54, 1.807) is 19.9 Å². The molecule has 1 atom stereocenters. The summed E-state index contributed by atoms with van der Waals surface area (Å²) in [4.78, 5) is 17.7. The molecule has 180 valence electrons. The third-order valence-corrected chi connectivity index (χ3v) is 7.60. The number of halogens is 3. The van der Waals surface area contributed by atoms with Gasteiger partial charge in [0.1, 0.15) is 5.82 Å². The quantitative estimate of drug-likeness (QED) is 0.585. The number of methoxy groups -OCH3 is 1. The second kappa shape index (κ2) is 9.68. The molecule has 2 aromatic rings. The summed E-state index contributed by atoms with van der Waals surface area (Å²) in [5.41, 5.74) is 1.44. The highest BCUT2D eigenvalue weighted by molar-refractivity contribution is 7.89. The zero-order chi connectivity index (χ0) is 24.4. The monoisotopic (exact) mass is 485 g/mol. The molecule has 0 amide bonds. The molecule has 0 spiro atoms. The molecule has 11 heteroatoms. The number of hydrogen-bond acceptors (Lipinski definition) is 6. The minimum Gasteiger partial charge on any atom is -0.469 e.